The lowest BCUT2D eigenvalue weighted by atomic mass is 9.84. The van der Waals surface area contributed by atoms with Gasteiger partial charge in [0.1, 0.15) is 0 Å². The minimum absolute atomic E-state index is 0.0876. The van der Waals surface area contributed by atoms with Crippen molar-refractivity contribution in [2.75, 3.05) is 14.1 Å². The van der Waals surface area contributed by atoms with Gasteiger partial charge in [-0.05, 0) is 27.4 Å². The minimum atomic E-state index is -0.414. The third kappa shape index (κ3) is 2.78. The molecule has 0 aromatic carbocycles. The molecule has 0 aliphatic carbocycles. The van der Waals surface area contributed by atoms with Gasteiger partial charge in [-0.15, -0.1) is 0 Å². The first kappa shape index (κ1) is 12.2. The quantitative estimate of drug-likeness (QED) is 0.760. The predicted octanol–water partition coefficient (Wildman–Crippen LogP) is 1.23. The van der Waals surface area contributed by atoms with Crippen molar-refractivity contribution in [1.29, 1.82) is 0 Å². The van der Waals surface area contributed by atoms with E-state index in [1.165, 1.54) is 0 Å². The standard InChI is InChI=1S/C11H21N3O/c1-5-6-7-11(2)8-12-10(14(3)4)13-9(11)15/h8,10H,5-7H2,1-4H3,(H,13,15). The molecule has 0 aromatic rings. The fraction of sp³-hybridized carbons (Fsp3) is 0.818. The Morgan fingerprint density at radius 2 is 2.27 bits per heavy atom. The maximum absolute atomic E-state index is 11.9. The molecular formula is C11H21N3O. The van der Waals surface area contributed by atoms with Gasteiger partial charge in [0.25, 0.3) is 0 Å². The first-order valence-corrected chi connectivity index (χ1v) is 5.51. The maximum Gasteiger partial charge on any atom is 0.233 e. The van der Waals surface area contributed by atoms with Gasteiger partial charge in [-0.3, -0.25) is 14.7 Å². The summed E-state index contributed by atoms with van der Waals surface area (Å²) in [5.41, 5.74) is -0.414. The predicted molar refractivity (Wildman–Crippen MR) is 61.7 cm³/mol. The van der Waals surface area contributed by atoms with Gasteiger partial charge in [-0.25, -0.2) is 0 Å². The molecule has 86 valence electrons. The van der Waals surface area contributed by atoms with Crippen LogP contribution in [0.15, 0.2) is 4.99 Å². The zero-order valence-electron chi connectivity index (χ0n) is 10.1. The van der Waals surface area contributed by atoms with Crippen molar-refractivity contribution in [3.8, 4) is 0 Å². The number of nitrogens with zero attached hydrogens (tertiary/aromatic N) is 2. The lowest BCUT2D eigenvalue weighted by molar-refractivity contribution is -0.129. The zero-order chi connectivity index (χ0) is 11.5. The molecule has 1 aliphatic heterocycles. The monoisotopic (exact) mass is 211 g/mol. The molecule has 2 atom stereocenters. The third-order valence-corrected chi connectivity index (χ3v) is 2.82. The molecule has 0 saturated heterocycles. The smallest absolute Gasteiger partial charge is 0.233 e. The highest BCUT2D eigenvalue weighted by molar-refractivity contribution is 5.99. The highest BCUT2D eigenvalue weighted by Gasteiger charge is 2.35. The van der Waals surface area contributed by atoms with Gasteiger partial charge >= 0.3 is 0 Å². The number of amides is 1. The topological polar surface area (TPSA) is 44.7 Å². The van der Waals surface area contributed by atoms with Crippen LogP contribution in [0.2, 0.25) is 0 Å². The summed E-state index contributed by atoms with van der Waals surface area (Å²) in [6, 6.07) is 0. The number of hydrogen-bond donors (Lipinski definition) is 1. The van der Waals surface area contributed by atoms with Crippen molar-refractivity contribution in [3.63, 3.8) is 0 Å². The molecule has 0 saturated carbocycles. The molecule has 1 heterocycles. The van der Waals surface area contributed by atoms with Crippen molar-refractivity contribution in [3.05, 3.63) is 0 Å². The molecule has 4 heteroatoms. The number of carbonyl (C=O) groups is 1. The van der Waals surface area contributed by atoms with Crippen LogP contribution in [0.5, 0.6) is 0 Å². The van der Waals surface area contributed by atoms with Gasteiger partial charge in [0.2, 0.25) is 5.91 Å². The number of carbonyl (C=O) groups excluding carboxylic acids is 1. The molecule has 1 N–H and O–H groups in total. The number of hydrogen-bond acceptors (Lipinski definition) is 3. The number of aliphatic imine (C=N–C) groups is 1. The molecule has 4 nitrogen and oxygen atoms in total. The van der Waals surface area contributed by atoms with E-state index in [0.29, 0.717) is 0 Å². The van der Waals surface area contributed by atoms with E-state index in [2.05, 4.69) is 17.2 Å². The fourth-order valence-electron chi connectivity index (χ4n) is 1.60. The van der Waals surface area contributed by atoms with E-state index in [4.69, 9.17) is 0 Å². The van der Waals surface area contributed by atoms with E-state index in [1.54, 1.807) is 0 Å². The SMILES string of the molecule is CCCCC1(C)C=NC(N(C)C)NC1=O. The molecule has 0 aromatic heterocycles. The normalized spacial score (nSPS) is 30.7. The van der Waals surface area contributed by atoms with E-state index in [-0.39, 0.29) is 12.2 Å². The minimum Gasteiger partial charge on any atom is -0.321 e. The van der Waals surface area contributed by atoms with Crippen molar-refractivity contribution < 1.29 is 4.79 Å². The Hall–Kier alpha value is -0.900. The second-order valence-corrected chi connectivity index (χ2v) is 4.61. The zero-order valence-corrected chi connectivity index (χ0v) is 10.1. The van der Waals surface area contributed by atoms with Gasteiger partial charge in [0.15, 0.2) is 6.29 Å². The molecule has 1 rings (SSSR count). The summed E-state index contributed by atoms with van der Waals surface area (Å²) in [6.45, 7) is 4.08. The van der Waals surface area contributed by atoms with E-state index in [9.17, 15) is 4.79 Å². The van der Waals surface area contributed by atoms with Crippen LogP contribution in [0.25, 0.3) is 0 Å². The van der Waals surface area contributed by atoms with Crippen LogP contribution >= 0.6 is 0 Å². The van der Waals surface area contributed by atoms with Crippen LogP contribution in [0.4, 0.5) is 0 Å². The Morgan fingerprint density at radius 1 is 1.60 bits per heavy atom. The average Bonchev–Trinajstić information content (AvgIpc) is 2.19. The molecule has 0 spiro atoms. The highest BCUT2D eigenvalue weighted by atomic mass is 16.2. The molecule has 1 aliphatic rings. The summed E-state index contributed by atoms with van der Waals surface area (Å²) in [7, 11) is 3.80. The lowest BCUT2D eigenvalue weighted by Crippen LogP contribution is -2.53. The summed E-state index contributed by atoms with van der Waals surface area (Å²) < 4.78 is 0. The molecule has 15 heavy (non-hydrogen) atoms. The van der Waals surface area contributed by atoms with Crippen molar-refractivity contribution in [1.82, 2.24) is 10.2 Å². The van der Waals surface area contributed by atoms with Crippen LogP contribution < -0.4 is 5.32 Å². The van der Waals surface area contributed by atoms with E-state index in [0.717, 1.165) is 19.3 Å². The fourth-order valence-corrected chi connectivity index (χ4v) is 1.60. The van der Waals surface area contributed by atoms with Crippen molar-refractivity contribution >= 4 is 12.1 Å². The highest BCUT2D eigenvalue weighted by Crippen LogP contribution is 2.25. The van der Waals surface area contributed by atoms with Gasteiger partial charge in [-0.2, -0.15) is 0 Å². The Labute approximate surface area is 91.7 Å². The van der Waals surface area contributed by atoms with Crippen LogP contribution in [0.3, 0.4) is 0 Å². The second kappa shape index (κ2) is 4.75. The molecule has 0 radical (unpaired) electrons. The summed E-state index contributed by atoms with van der Waals surface area (Å²) in [4.78, 5) is 18.1. The van der Waals surface area contributed by atoms with Gasteiger partial charge in [0.05, 0.1) is 5.41 Å². The summed E-state index contributed by atoms with van der Waals surface area (Å²) in [5.74, 6) is 0.0876. The summed E-state index contributed by atoms with van der Waals surface area (Å²) >= 11 is 0. The number of rotatable bonds is 4. The van der Waals surface area contributed by atoms with Gasteiger partial charge in [-0.1, -0.05) is 19.8 Å². The van der Waals surface area contributed by atoms with E-state index >= 15 is 0 Å². The Kier molecular flexibility index (Phi) is 3.85. The van der Waals surface area contributed by atoms with Gasteiger partial charge < -0.3 is 5.32 Å². The molecule has 0 bridgehead atoms. The Bertz CT molecular complexity index is 263. The maximum atomic E-state index is 11.9. The number of unbranched alkanes of at least 4 members (excludes halogenated alkanes) is 1. The Balaban J connectivity index is 2.70. The van der Waals surface area contributed by atoms with Crippen LogP contribution in [0, 0.1) is 5.41 Å². The largest absolute Gasteiger partial charge is 0.321 e. The second-order valence-electron chi connectivity index (χ2n) is 4.61. The average molecular weight is 211 g/mol. The van der Waals surface area contributed by atoms with Crippen LogP contribution in [0.1, 0.15) is 33.1 Å². The molecule has 2 unspecified atom stereocenters. The molecular weight excluding hydrogens is 190 g/mol. The van der Waals surface area contributed by atoms with Gasteiger partial charge in [0, 0.05) is 6.21 Å². The third-order valence-electron chi connectivity index (χ3n) is 2.82. The summed E-state index contributed by atoms with van der Waals surface area (Å²) in [6.07, 6.45) is 4.65. The van der Waals surface area contributed by atoms with Crippen molar-refractivity contribution in [2.24, 2.45) is 10.4 Å². The molecule has 1 amide bonds. The first-order valence-electron chi connectivity index (χ1n) is 5.51. The lowest BCUT2D eigenvalue weighted by Gasteiger charge is -2.33. The van der Waals surface area contributed by atoms with E-state index < -0.39 is 5.41 Å². The first-order chi connectivity index (χ1) is 6.99. The number of nitrogens with one attached hydrogen (secondary N) is 1. The molecule has 0 fully saturated rings. The van der Waals surface area contributed by atoms with Crippen LogP contribution in [-0.4, -0.2) is 37.4 Å². The van der Waals surface area contributed by atoms with Crippen LogP contribution in [-0.2, 0) is 4.79 Å². The van der Waals surface area contributed by atoms with Crippen molar-refractivity contribution in [2.45, 2.75) is 39.4 Å². The van der Waals surface area contributed by atoms with E-state index in [1.807, 2.05) is 32.1 Å². The Morgan fingerprint density at radius 3 is 2.73 bits per heavy atom. The summed E-state index contributed by atoms with van der Waals surface area (Å²) in [5, 5.41) is 2.90.